The van der Waals surface area contributed by atoms with Crippen LogP contribution in [-0.2, 0) is 14.4 Å². The molecule has 0 radical (unpaired) electrons. The van der Waals surface area contributed by atoms with E-state index in [0.29, 0.717) is 30.1 Å². The normalized spacial score (nSPS) is 28.4. The summed E-state index contributed by atoms with van der Waals surface area (Å²) in [5.74, 6) is -6.32. The molecule has 4 fully saturated rings. The van der Waals surface area contributed by atoms with Crippen LogP contribution >= 0.6 is 11.6 Å². The zero-order valence-electron chi connectivity index (χ0n) is 20.0. The first-order chi connectivity index (χ1) is 17.1. The Bertz CT molecular complexity index is 1060. The molecule has 3 amide bonds. The quantitative estimate of drug-likeness (QED) is 0.510. The third kappa shape index (κ3) is 5.41. The highest BCUT2D eigenvalue weighted by atomic mass is 35.5. The van der Waals surface area contributed by atoms with Crippen LogP contribution in [0.4, 0.5) is 14.5 Å². The maximum Gasteiger partial charge on any atom is 0.255 e. The van der Waals surface area contributed by atoms with Gasteiger partial charge >= 0.3 is 0 Å². The molecule has 1 saturated carbocycles. The summed E-state index contributed by atoms with van der Waals surface area (Å²) in [6, 6.07) is 4.74. The van der Waals surface area contributed by atoms with E-state index in [1.54, 1.807) is 31.2 Å². The fourth-order valence-corrected chi connectivity index (χ4v) is 5.87. The molecule has 3 saturated heterocycles. The minimum absolute atomic E-state index is 0.0892. The van der Waals surface area contributed by atoms with Crippen molar-refractivity contribution in [2.75, 3.05) is 11.9 Å². The van der Waals surface area contributed by atoms with Gasteiger partial charge in [-0.3, -0.25) is 14.4 Å². The number of anilines is 1. The molecule has 5 rings (SSSR count). The van der Waals surface area contributed by atoms with Crippen LogP contribution in [0.15, 0.2) is 24.3 Å². The van der Waals surface area contributed by atoms with Gasteiger partial charge < -0.3 is 20.9 Å². The summed E-state index contributed by atoms with van der Waals surface area (Å²) >= 11 is 6.02. The summed E-state index contributed by atoms with van der Waals surface area (Å²) in [5.41, 5.74) is 0.590. The van der Waals surface area contributed by atoms with Crippen molar-refractivity contribution in [1.82, 2.24) is 15.5 Å². The predicted molar refractivity (Wildman–Crippen MR) is 129 cm³/mol. The van der Waals surface area contributed by atoms with Gasteiger partial charge in [0.2, 0.25) is 17.7 Å². The van der Waals surface area contributed by atoms with Gasteiger partial charge in [-0.15, -0.1) is 0 Å². The monoisotopic (exact) mass is 521 g/mol. The van der Waals surface area contributed by atoms with Gasteiger partial charge in [-0.05, 0) is 57.2 Å². The van der Waals surface area contributed by atoms with Crippen LogP contribution in [0.3, 0.4) is 0 Å². The minimum Gasteiger partial charge on any atom is -0.374 e. The van der Waals surface area contributed by atoms with E-state index < -0.39 is 60.2 Å². The van der Waals surface area contributed by atoms with Crippen molar-refractivity contribution in [3.8, 4) is 6.07 Å². The lowest BCUT2D eigenvalue weighted by atomic mass is 9.71. The first-order valence-corrected chi connectivity index (χ1v) is 12.7. The first-order valence-electron chi connectivity index (χ1n) is 12.3. The molecule has 3 heterocycles. The number of halogens is 3. The summed E-state index contributed by atoms with van der Waals surface area (Å²) in [6.45, 7) is 2.18. The number of amides is 3. The fourth-order valence-electron chi connectivity index (χ4n) is 5.68. The Hall–Kier alpha value is -2.93. The van der Waals surface area contributed by atoms with Crippen LogP contribution in [0.25, 0.3) is 0 Å². The van der Waals surface area contributed by atoms with Crippen molar-refractivity contribution >= 4 is 35.0 Å². The number of rotatable bonds is 7. The topological polar surface area (TPSA) is 114 Å². The molecular weight excluding hydrogens is 492 g/mol. The van der Waals surface area contributed by atoms with Crippen molar-refractivity contribution < 1.29 is 23.2 Å². The number of hydrogen-bond acceptors (Lipinski definition) is 5. The second-order valence-electron chi connectivity index (χ2n) is 9.93. The van der Waals surface area contributed by atoms with E-state index in [-0.39, 0.29) is 18.7 Å². The van der Waals surface area contributed by atoms with Gasteiger partial charge in [-0.2, -0.15) is 5.26 Å². The number of carbonyl (C=O) groups is 3. The number of piperidine rings is 3. The van der Waals surface area contributed by atoms with Crippen LogP contribution < -0.4 is 16.0 Å². The number of nitrogens with zero attached hydrogens (tertiary/aromatic N) is 2. The van der Waals surface area contributed by atoms with Crippen LogP contribution in [0.1, 0.15) is 45.4 Å². The van der Waals surface area contributed by atoms with Crippen LogP contribution in [0.2, 0.25) is 5.02 Å². The molecule has 3 N–H and O–H groups in total. The van der Waals surface area contributed by atoms with Crippen LogP contribution in [-0.4, -0.2) is 59.3 Å². The average molecular weight is 522 g/mol. The molecule has 6 atom stereocenters. The molecule has 194 valence electrons. The lowest BCUT2D eigenvalue weighted by Gasteiger charge is -2.54. The first kappa shape index (κ1) is 26.1. The Labute approximate surface area is 213 Å². The van der Waals surface area contributed by atoms with Gasteiger partial charge in [0.05, 0.1) is 12.0 Å². The number of nitriles is 1. The highest BCUT2D eigenvalue weighted by Gasteiger charge is 2.60. The summed E-state index contributed by atoms with van der Waals surface area (Å²) in [4.78, 5) is 40.3. The molecule has 0 unspecified atom stereocenters. The van der Waals surface area contributed by atoms with Crippen LogP contribution in [0, 0.1) is 23.2 Å². The SMILES string of the molecule is C[C@@H](Nc1cccc(Cl)c1)C(=O)N1[C@@H]2CC[C@H]([C@@H]1C(=O)N[C@H](C#N)C[C@@H]1CCCNC1=O)C(F)(F)C2. The highest BCUT2D eigenvalue weighted by Crippen LogP contribution is 2.49. The molecule has 4 aliphatic rings. The molecule has 8 nitrogen and oxygen atoms in total. The molecule has 3 aliphatic heterocycles. The van der Waals surface area contributed by atoms with E-state index in [2.05, 4.69) is 16.0 Å². The zero-order valence-corrected chi connectivity index (χ0v) is 20.7. The predicted octanol–water partition coefficient (Wildman–Crippen LogP) is 3.08. The summed E-state index contributed by atoms with van der Waals surface area (Å²) in [7, 11) is 0. The van der Waals surface area contributed by atoms with Crippen molar-refractivity contribution in [2.24, 2.45) is 11.8 Å². The maximum atomic E-state index is 14.9. The Kier molecular flexibility index (Phi) is 7.69. The molecule has 1 aliphatic carbocycles. The van der Waals surface area contributed by atoms with E-state index >= 15 is 0 Å². The third-order valence-electron chi connectivity index (χ3n) is 7.43. The molecular formula is C25H30ClF2N5O3. The Balaban J connectivity index is 1.52. The number of nitrogens with one attached hydrogen (secondary N) is 3. The molecule has 36 heavy (non-hydrogen) atoms. The number of alkyl halides is 2. The molecule has 0 aromatic heterocycles. The largest absolute Gasteiger partial charge is 0.374 e. The van der Waals surface area contributed by atoms with Gasteiger partial charge in [0.1, 0.15) is 18.1 Å². The number of hydrogen-bond donors (Lipinski definition) is 3. The van der Waals surface area contributed by atoms with E-state index in [9.17, 15) is 28.4 Å². The zero-order chi connectivity index (χ0) is 26.0. The van der Waals surface area contributed by atoms with Crippen molar-refractivity contribution in [3.05, 3.63) is 29.3 Å². The smallest absolute Gasteiger partial charge is 0.255 e. The standard InChI is InChI=1S/C25H30ClF2N5O3/c1-14(31-17-6-2-5-16(26)11-17)24(36)33-19-7-8-20(25(27,28)12-19)21(33)23(35)32-18(13-29)10-15-4-3-9-30-22(15)34/h2,5-6,11,14-15,18-21,31H,3-4,7-10,12H2,1H3,(H,30,34)(H,32,35)/t14-,15+,18+,19-,20-,21-/m1/s1. The van der Waals surface area contributed by atoms with E-state index in [1.165, 1.54) is 4.90 Å². The summed E-state index contributed by atoms with van der Waals surface area (Å²) in [5, 5.41) is 18.4. The van der Waals surface area contributed by atoms with Gasteiger partial charge in [0, 0.05) is 35.6 Å². The average Bonchev–Trinajstić information content (AvgIpc) is 2.83. The summed E-state index contributed by atoms with van der Waals surface area (Å²) < 4.78 is 29.8. The van der Waals surface area contributed by atoms with E-state index in [1.807, 2.05) is 6.07 Å². The second kappa shape index (κ2) is 10.6. The van der Waals surface area contributed by atoms with E-state index in [4.69, 9.17) is 11.6 Å². The van der Waals surface area contributed by atoms with Crippen molar-refractivity contribution in [3.63, 3.8) is 0 Å². The maximum absolute atomic E-state index is 14.9. The Morgan fingerprint density at radius 1 is 1.33 bits per heavy atom. The van der Waals surface area contributed by atoms with Gasteiger partial charge in [0.15, 0.2) is 0 Å². The number of benzene rings is 1. The van der Waals surface area contributed by atoms with Crippen LogP contribution in [0.5, 0.6) is 0 Å². The Morgan fingerprint density at radius 3 is 2.78 bits per heavy atom. The molecule has 2 bridgehead atoms. The molecule has 1 aromatic rings. The minimum atomic E-state index is -3.10. The fraction of sp³-hybridized carbons (Fsp3) is 0.600. The van der Waals surface area contributed by atoms with E-state index in [0.717, 1.165) is 6.42 Å². The second-order valence-corrected chi connectivity index (χ2v) is 10.4. The Morgan fingerprint density at radius 2 is 2.11 bits per heavy atom. The lowest BCUT2D eigenvalue weighted by Crippen LogP contribution is -2.70. The lowest BCUT2D eigenvalue weighted by molar-refractivity contribution is -0.194. The summed E-state index contributed by atoms with van der Waals surface area (Å²) in [6.07, 6.45) is 1.43. The van der Waals surface area contributed by atoms with Gasteiger partial charge in [0.25, 0.3) is 5.92 Å². The molecule has 11 heteroatoms. The number of carbonyl (C=O) groups excluding carboxylic acids is 3. The van der Waals surface area contributed by atoms with Crippen molar-refractivity contribution in [2.45, 2.75) is 75.5 Å². The van der Waals surface area contributed by atoms with Gasteiger partial charge in [-0.25, -0.2) is 8.78 Å². The molecule has 0 spiro atoms. The molecule has 1 aromatic carbocycles. The highest BCUT2D eigenvalue weighted by molar-refractivity contribution is 6.30. The number of fused-ring (bicyclic) bond motifs is 3. The van der Waals surface area contributed by atoms with Crippen molar-refractivity contribution in [1.29, 1.82) is 5.26 Å². The van der Waals surface area contributed by atoms with Gasteiger partial charge in [-0.1, -0.05) is 17.7 Å². The third-order valence-corrected chi connectivity index (χ3v) is 7.66.